The van der Waals surface area contributed by atoms with Gasteiger partial charge in [0, 0.05) is 4.88 Å². The van der Waals surface area contributed by atoms with Gasteiger partial charge >= 0.3 is 0 Å². The molecule has 1 N–H and O–H groups in total. The second-order valence-electron chi connectivity index (χ2n) is 7.58. The Morgan fingerprint density at radius 2 is 1.83 bits per heavy atom. The highest BCUT2D eigenvalue weighted by Crippen LogP contribution is 2.34. The predicted octanol–water partition coefficient (Wildman–Crippen LogP) is 5.08. The van der Waals surface area contributed by atoms with Gasteiger partial charge in [0.25, 0.3) is 5.56 Å². The minimum absolute atomic E-state index is 0.0272. The van der Waals surface area contributed by atoms with E-state index in [0.717, 1.165) is 46.3 Å². The number of thiophene rings is 1. The number of nitrogens with zero attached hydrogens (tertiary/aromatic N) is 3. The number of hydrogen-bond acceptors (Lipinski definition) is 5. The van der Waals surface area contributed by atoms with Crippen LogP contribution in [0.15, 0.2) is 64.5 Å². The number of hydrazone groups is 1. The highest BCUT2D eigenvalue weighted by atomic mass is 32.1. The van der Waals surface area contributed by atoms with Gasteiger partial charge in [0.1, 0.15) is 4.83 Å². The van der Waals surface area contributed by atoms with Crippen molar-refractivity contribution in [1.82, 2.24) is 9.55 Å². The first-order valence-corrected chi connectivity index (χ1v) is 11.0. The molecule has 1 aliphatic rings. The van der Waals surface area contributed by atoms with Gasteiger partial charge in [0.15, 0.2) is 0 Å². The van der Waals surface area contributed by atoms with E-state index in [-0.39, 0.29) is 5.56 Å². The molecule has 2 aromatic heterocycles. The molecular formula is C24H22N4OS. The molecule has 0 saturated heterocycles. The first-order valence-electron chi connectivity index (χ1n) is 10.2. The van der Waals surface area contributed by atoms with Crippen LogP contribution >= 0.6 is 11.3 Å². The van der Waals surface area contributed by atoms with Crippen molar-refractivity contribution >= 4 is 33.7 Å². The Kier molecular flexibility index (Phi) is 4.93. The molecule has 0 unspecified atom stereocenters. The van der Waals surface area contributed by atoms with Gasteiger partial charge in [-0.25, -0.2) is 15.0 Å². The summed E-state index contributed by atoms with van der Waals surface area (Å²) in [6.45, 7) is 2.03. The monoisotopic (exact) mass is 414 g/mol. The van der Waals surface area contributed by atoms with Crippen molar-refractivity contribution in [3.8, 4) is 5.69 Å². The molecule has 30 heavy (non-hydrogen) atoms. The lowest BCUT2D eigenvalue weighted by atomic mass is 9.97. The molecular weight excluding hydrogens is 392 g/mol. The Morgan fingerprint density at radius 1 is 1.07 bits per heavy atom. The first-order chi connectivity index (χ1) is 14.7. The fraction of sp³-hybridized carbons (Fsp3) is 0.208. The fourth-order valence-electron chi connectivity index (χ4n) is 3.92. The number of rotatable bonds is 4. The van der Waals surface area contributed by atoms with E-state index in [9.17, 15) is 4.79 Å². The second kappa shape index (κ2) is 7.88. The third-order valence-electron chi connectivity index (χ3n) is 5.46. The van der Waals surface area contributed by atoms with Crippen LogP contribution in [0.5, 0.6) is 0 Å². The number of aryl methyl sites for hydroxylation is 3. The maximum absolute atomic E-state index is 13.6. The van der Waals surface area contributed by atoms with Crippen molar-refractivity contribution in [2.75, 3.05) is 5.43 Å². The van der Waals surface area contributed by atoms with Gasteiger partial charge < -0.3 is 0 Å². The van der Waals surface area contributed by atoms with E-state index < -0.39 is 0 Å². The number of aromatic nitrogens is 2. The highest BCUT2D eigenvalue weighted by Gasteiger charge is 2.22. The number of hydrogen-bond donors (Lipinski definition) is 1. The minimum Gasteiger partial charge on any atom is -0.268 e. The van der Waals surface area contributed by atoms with Gasteiger partial charge in [-0.05, 0) is 55.9 Å². The minimum atomic E-state index is -0.0272. The lowest BCUT2D eigenvalue weighted by Gasteiger charge is -2.13. The molecule has 2 aromatic carbocycles. The van der Waals surface area contributed by atoms with Gasteiger partial charge in [-0.2, -0.15) is 5.10 Å². The lowest BCUT2D eigenvalue weighted by Crippen LogP contribution is -2.23. The number of nitrogens with one attached hydrogen (secondary N) is 1. The van der Waals surface area contributed by atoms with Crippen molar-refractivity contribution < 1.29 is 0 Å². The molecule has 1 aliphatic carbocycles. The number of fused-ring (bicyclic) bond motifs is 3. The van der Waals surface area contributed by atoms with Crippen LogP contribution < -0.4 is 11.0 Å². The van der Waals surface area contributed by atoms with E-state index in [4.69, 9.17) is 4.98 Å². The molecule has 0 amide bonds. The van der Waals surface area contributed by atoms with Crippen molar-refractivity contribution in [3.05, 3.63) is 86.5 Å². The topological polar surface area (TPSA) is 59.3 Å². The van der Waals surface area contributed by atoms with E-state index in [0.29, 0.717) is 5.95 Å². The van der Waals surface area contributed by atoms with E-state index in [1.54, 1.807) is 22.1 Å². The van der Waals surface area contributed by atoms with Crippen LogP contribution in [0.4, 0.5) is 5.95 Å². The Hall–Kier alpha value is -3.25. The summed E-state index contributed by atoms with van der Waals surface area (Å²) < 4.78 is 1.64. The zero-order valence-corrected chi connectivity index (χ0v) is 17.6. The average Bonchev–Trinajstić information content (AvgIpc) is 3.14. The molecule has 0 atom stereocenters. The second-order valence-corrected chi connectivity index (χ2v) is 8.67. The molecule has 6 heteroatoms. The summed E-state index contributed by atoms with van der Waals surface area (Å²) in [4.78, 5) is 20.6. The molecule has 0 fully saturated rings. The highest BCUT2D eigenvalue weighted by molar-refractivity contribution is 7.18. The summed E-state index contributed by atoms with van der Waals surface area (Å²) in [5.74, 6) is 0.433. The van der Waals surface area contributed by atoms with Crippen LogP contribution in [-0.4, -0.2) is 15.8 Å². The SMILES string of the molecule is Cc1ccc(-n2c(N/N=C/c3ccccc3)nc3sc4c(c3c2=O)CCCC4)cc1. The van der Waals surface area contributed by atoms with Crippen molar-refractivity contribution in [2.24, 2.45) is 5.10 Å². The largest absolute Gasteiger partial charge is 0.268 e. The summed E-state index contributed by atoms with van der Waals surface area (Å²) in [5, 5.41) is 5.12. The Labute approximate surface area is 178 Å². The van der Waals surface area contributed by atoms with Crippen molar-refractivity contribution in [1.29, 1.82) is 0 Å². The van der Waals surface area contributed by atoms with E-state index in [1.807, 2.05) is 61.5 Å². The average molecular weight is 415 g/mol. The summed E-state index contributed by atoms with van der Waals surface area (Å²) in [6, 6.07) is 17.8. The third-order valence-corrected chi connectivity index (χ3v) is 6.64. The number of anilines is 1. The smallest absolute Gasteiger partial charge is 0.268 e. The van der Waals surface area contributed by atoms with Gasteiger partial charge in [0.05, 0.1) is 17.3 Å². The molecule has 0 radical (unpaired) electrons. The van der Waals surface area contributed by atoms with Crippen molar-refractivity contribution in [3.63, 3.8) is 0 Å². The lowest BCUT2D eigenvalue weighted by molar-refractivity contribution is 0.699. The quantitative estimate of drug-likeness (QED) is 0.374. The molecule has 5 rings (SSSR count). The Morgan fingerprint density at radius 3 is 2.63 bits per heavy atom. The van der Waals surface area contributed by atoms with Gasteiger partial charge in [0.2, 0.25) is 5.95 Å². The van der Waals surface area contributed by atoms with Crippen LogP contribution in [0, 0.1) is 6.92 Å². The van der Waals surface area contributed by atoms with Crippen LogP contribution in [0.25, 0.3) is 15.9 Å². The normalized spacial score (nSPS) is 13.6. The first kappa shape index (κ1) is 18.8. The van der Waals surface area contributed by atoms with Crippen LogP contribution in [-0.2, 0) is 12.8 Å². The van der Waals surface area contributed by atoms with E-state index in [2.05, 4.69) is 10.5 Å². The van der Waals surface area contributed by atoms with Crippen LogP contribution in [0.3, 0.4) is 0 Å². The maximum Gasteiger partial charge on any atom is 0.268 e. The standard InChI is InChI=1S/C24H22N4OS/c1-16-11-13-18(14-12-16)28-23(29)21-19-9-5-6-10-20(19)30-22(21)26-24(28)27-25-15-17-7-3-2-4-8-17/h2-4,7-8,11-15H,5-6,9-10H2,1H3,(H,26,27)/b25-15+. The van der Waals surface area contributed by atoms with E-state index >= 15 is 0 Å². The third kappa shape index (κ3) is 3.44. The Bertz CT molecular complexity index is 1290. The van der Waals surface area contributed by atoms with Gasteiger partial charge in [-0.1, -0.05) is 48.0 Å². The Balaban J connectivity index is 1.65. The summed E-state index contributed by atoms with van der Waals surface area (Å²) in [6.07, 6.45) is 6.03. The predicted molar refractivity (Wildman–Crippen MR) is 124 cm³/mol. The number of benzene rings is 2. The zero-order chi connectivity index (χ0) is 20.5. The molecule has 2 heterocycles. The zero-order valence-electron chi connectivity index (χ0n) is 16.8. The maximum atomic E-state index is 13.6. The molecule has 150 valence electrons. The molecule has 4 aromatic rings. The van der Waals surface area contributed by atoms with Crippen LogP contribution in [0.1, 0.15) is 34.4 Å². The fourth-order valence-corrected chi connectivity index (χ4v) is 5.17. The molecule has 5 nitrogen and oxygen atoms in total. The summed E-state index contributed by atoms with van der Waals surface area (Å²) >= 11 is 1.65. The van der Waals surface area contributed by atoms with E-state index in [1.165, 1.54) is 16.9 Å². The van der Waals surface area contributed by atoms with Crippen molar-refractivity contribution in [2.45, 2.75) is 32.6 Å². The summed E-state index contributed by atoms with van der Waals surface area (Å²) in [7, 11) is 0. The van der Waals surface area contributed by atoms with Gasteiger partial charge in [-0.3, -0.25) is 4.79 Å². The molecule has 0 saturated carbocycles. The summed E-state index contributed by atoms with van der Waals surface area (Å²) in [5.41, 5.74) is 7.09. The molecule has 0 bridgehead atoms. The van der Waals surface area contributed by atoms with Gasteiger partial charge in [-0.15, -0.1) is 11.3 Å². The molecule has 0 aliphatic heterocycles. The molecule has 0 spiro atoms. The van der Waals surface area contributed by atoms with Crippen LogP contribution in [0.2, 0.25) is 0 Å².